The minimum atomic E-state index is -0.665. The molecule has 0 spiro atoms. The molecule has 0 radical (unpaired) electrons. The molecule has 0 unspecified atom stereocenters. The lowest BCUT2D eigenvalue weighted by Crippen LogP contribution is -2.36. The predicted molar refractivity (Wildman–Crippen MR) is 148 cm³/mol. The Morgan fingerprint density at radius 3 is 2.65 bits per heavy atom. The first-order valence-electron chi connectivity index (χ1n) is 13.2. The smallest absolute Gasteiger partial charge is 0.251 e. The van der Waals surface area contributed by atoms with Gasteiger partial charge in [-0.25, -0.2) is 13.8 Å². The number of amides is 1. The molecule has 2 aliphatic rings. The summed E-state index contributed by atoms with van der Waals surface area (Å²) in [7, 11) is 0. The Balaban J connectivity index is 0.000000635. The molecule has 1 amide bonds. The van der Waals surface area contributed by atoms with E-state index in [1.165, 1.54) is 32.0 Å². The minimum absolute atomic E-state index is 0. The predicted octanol–water partition coefficient (Wildman–Crippen LogP) is 5.28. The Kier molecular flexibility index (Phi) is 8.11. The Morgan fingerprint density at radius 2 is 1.92 bits per heavy atom. The van der Waals surface area contributed by atoms with E-state index in [2.05, 4.69) is 25.5 Å². The maximum absolute atomic E-state index is 14.1. The van der Waals surface area contributed by atoms with Crippen LogP contribution in [0.2, 0.25) is 0 Å². The monoisotopic (exact) mass is 514 g/mol. The van der Waals surface area contributed by atoms with Crippen LogP contribution in [0.15, 0.2) is 48.7 Å². The van der Waals surface area contributed by atoms with Gasteiger partial charge in [-0.2, -0.15) is 0 Å². The highest BCUT2D eigenvalue weighted by Crippen LogP contribution is 2.25. The lowest BCUT2D eigenvalue weighted by molar-refractivity contribution is 0.0950. The number of H-pyrrole nitrogens is 1. The molecular formula is C28H40F2N6O. The molecule has 4 heterocycles. The van der Waals surface area contributed by atoms with E-state index in [-0.39, 0.29) is 16.0 Å². The molecule has 0 bridgehead atoms. The molecule has 2 saturated heterocycles. The quantitative estimate of drug-likeness (QED) is 0.306. The Bertz CT molecular complexity index is 1340. The van der Waals surface area contributed by atoms with Crippen molar-refractivity contribution in [3.05, 3.63) is 60.0 Å². The number of nitrogens with one attached hydrogen (secondary N) is 3. The number of piperidine rings is 1. The van der Waals surface area contributed by atoms with E-state index in [0.717, 1.165) is 31.6 Å². The molecule has 7 nitrogen and oxygen atoms in total. The molecule has 0 aliphatic carbocycles. The molecule has 3 N–H and O–H groups in total. The molecule has 37 heavy (non-hydrogen) atoms. The topological polar surface area (TPSA) is 77.5 Å². The van der Waals surface area contributed by atoms with Crippen LogP contribution < -0.4 is 10.6 Å². The summed E-state index contributed by atoms with van der Waals surface area (Å²) in [6.07, 6.45) is 5.97. The first kappa shape index (κ1) is 25.4. The van der Waals surface area contributed by atoms with E-state index >= 15 is 0 Å². The molecular weight excluding hydrogens is 474 g/mol. The normalized spacial score (nSPS) is 16.7. The fourth-order valence-corrected chi connectivity index (χ4v) is 4.91. The molecule has 6 rings (SSSR count). The minimum Gasteiger partial charge on any atom is -0.352 e. The summed E-state index contributed by atoms with van der Waals surface area (Å²) in [5.74, 6) is 0.151. The van der Waals surface area contributed by atoms with Gasteiger partial charge in [-0.3, -0.25) is 9.20 Å². The summed E-state index contributed by atoms with van der Waals surface area (Å²) < 4.78 is 29.2. The van der Waals surface area contributed by atoms with Crippen molar-refractivity contribution in [3.63, 3.8) is 0 Å². The van der Waals surface area contributed by atoms with Gasteiger partial charge in [-0.15, -0.1) is 0 Å². The zero-order chi connectivity index (χ0) is 25.6. The maximum atomic E-state index is 14.1. The molecule has 2 aliphatic heterocycles. The van der Waals surface area contributed by atoms with E-state index in [1.807, 2.05) is 16.7 Å². The van der Waals surface area contributed by atoms with Crippen molar-refractivity contribution in [2.45, 2.75) is 38.3 Å². The Morgan fingerprint density at radius 1 is 1.14 bits per heavy atom. The number of aromatic nitrogens is 3. The van der Waals surface area contributed by atoms with Crippen LogP contribution in [0.4, 0.5) is 8.78 Å². The van der Waals surface area contributed by atoms with E-state index in [1.54, 1.807) is 30.3 Å². The Hall–Kier alpha value is -3.30. The maximum Gasteiger partial charge on any atom is 0.251 e. The second-order valence-corrected chi connectivity index (χ2v) is 9.74. The third kappa shape index (κ3) is 6.17. The van der Waals surface area contributed by atoms with Gasteiger partial charge in [0.15, 0.2) is 0 Å². The van der Waals surface area contributed by atoms with E-state index < -0.39 is 6.17 Å². The number of nitrogens with zero attached hydrogens (tertiary/aromatic N) is 3. The van der Waals surface area contributed by atoms with Gasteiger partial charge in [-0.05, 0) is 82.1 Å². The third-order valence-corrected chi connectivity index (χ3v) is 7.03. The van der Waals surface area contributed by atoms with Crippen LogP contribution in [0.1, 0.15) is 46.7 Å². The van der Waals surface area contributed by atoms with Crippen LogP contribution in [0.25, 0.3) is 28.1 Å². The van der Waals surface area contributed by atoms with E-state index in [0.29, 0.717) is 47.5 Å². The number of halogens is 2. The second-order valence-electron chi connectivity index (χ2n) is 9.74. The number of rotatable bonds is 6. The number of likely N-dealkylation sites (tertiary alicyclic amines) is 1. The van der Waals surface area contributed by atoms with Crippen molar-refractivity contribution >= 4 is 22.7 Å². The molecule has 0 atom stereocenters. The zero-order valence-electron chi connectivity index (χ0n) is 21.0. The number of hydrogen-bond acceptors (Lipinski definition) is 4. The van der Waals surface area contributed by atoms with Gasteiger partial charge in [0.25, 0.3) is 5.91 Å². The number of carbonyl (C=O) groups is 1. The van der Waals surface area contributed by atoms with Crippen molar-refractivity contribution < 1.29 is 17.9 Å². The summed E-state index contributed by atoms with van der Waals surface area (Å²) in [6.45, 7) is 5.51. The van der Waals surface area contributed by atoms with Gasteiger partial charge in [0.1, 0.15) is 12.0 Å². The van der Waals surface area contributed by atoms with Crippen molar-refractivity contribution in [1.82, 2.24) is 29.9 Å². The lowest BCUT2D eigenvalue weighted by Gasteiger charge is -2.28. The number of fused-ring (bicyclic) bond motifs is 3. The number of imidazole rings is 2. The highest BCUT2D eigenvalue weighted by atomic mass is 19.1. The summed E-state index contributed by atoms with van der Waals surface area (Å²) in [6, 6.07) is 12.0. The summed E-state index contributed by atoms with van der Waals surface area (Å²) in [5, 5.41) is 6.17. The third-order valence-electron chi connectivity index (χ3n) is 7.03. The zero-order valence-corrected chi connectivity index (χ0v) is 21.0. The lowest BCUT2D eigenvalue weighted by atomic mass is 10.1. The van der Waals surface area contributed by atoms with Crippen LogP contribution in [-0.2, 0) is 0 Å². The average molecular weight is 515 g/mol. The fourth-order valence-electron chi connectivity index (χ4n) is 4.91. The van der Waals surface area contributed by atoms with Crippen molar-refractivity contribution in [2.75, 3.05) is 39.3 Å². The van der Waals surface area contributed by atoms with Crippen LogP contribution in [0.5, 0.6) is 0 Å². The fraction of sp³-hybridized carbons (Fsp3) is 0.429. The number of aromatic amines is 1. The molecule has 4 aromatic rings. The van der Waals surface area contributed by atoms with Crippen LogP contribution in [0.3, 0.4) is 0 Å². The van der Waals surface area contributed by atoms with E-state index in [4.69, 9.17) is 0 Å². The number of carbonyl (C=O) groups excluding carboxylic acids is 1. The van der Waals surface area contributed by atoms with Crippen molar-refractivity contribution in [1.29, 1.82) is 0 Å². The van der Waals surface area contributed by atoms with Gasteiger partial charge >= 0.3 is 0 Å². The van der Waals surface area contributed by atoms with Gasteiger partial charge in [-0.1, -0.05) is 12.1 Å². The van der Waals surface area contributed by atoms with Gasteiger partial charge in [0.05, 0.1) is 16.7 Å². The number of hydrogen-bond donors (Lipinski definition) is 3. The SMILES string of the molecule is C1CCNC1.O=C(NCCCN1CCC(F)CC1)c1ccc2c(c1)nc1[nH]c(-c3ccccc3F)cn12.[HH].[HH].[HH]. The first-order valence-corrected chi connectivity index (χ1v) is 13.2. The standard InChI is InChI=1S/C24H25F2N5O.C4H9N.3H2/c25-17-8-12-30(13-9-17)11-3-10-27-23(32)16-6-7-22-20(14-16)28-24-29-21(15-31(22)24)18-4-1-2-5-19(18)26;1-2-4-5-3-1;;;/h1-2,4-7,14-15,17H,3,8-13H2,(H,27,32)(H,28,29);5H,1-4H2;3*1H. The summed E-state index contributed by atoms with van der Waals surface area (Å²) in [4.78, 5) is 22.5. The second kappa shape index (κ2) is 11.8. The van der Waals surface area contributed by atoms with Crippen LogP contribution >= 0.6 is 0 Å². The molecule has 2 aromatic heterocycles. The number of benzene rings is 2. The molecule has 2 aromatic carbocycles. The largest absolute Gasteiger partial charge is 0.352 e. The highest BCUT2D eigenvalue weighted by Gasteiger charge is 2.18. The van der Waals surface area contributed by atoms with E-state index in [9.17, 15) is 13.6 Å². The van der Waals surface area contributed by atoms with Crippen LogP contribution in [0, 0.1) is 5.82 Å². The summed E-state index contributed by atoms with van der Waals surface area (Å²) in [5.41, 5.74) is 3.21. The number of alkyl halides is 1. The van der Waals surface area contributed by atoms with Crippen molar-refractivity contribution in [3.8, 4) is 11.3 Å². The van der Waals surface area contributed by atoms with Gasteiger partial charge in [0, 0.05) is 41.2 Å². The molecule has 9 heteroatoms. The van der Waals surface area contributed by atoms with Crippen LogP contribution in [-0.4, -0.2) is 70.6 Å². The van der Waals surface area contributed by atoms with Crippen molar-refractivity contribution in [2.24, 2.45) is 0 Å². The summed E-state index contributed by atoms with van der Waals surface area (Å²) >= 11 is 0. The molecule has 2 fully saturated rings. The first-order chi connectivity index (χ1) is 18.1. The van der Waals surface area contributed by atoms with Gasteiger partial charge < -0.3 is 20.5 Å². The Labute approximate surface area is 219 Å². The highest BCUT2D eigenvalue weighted by molar-refractivity contribution is 5.98. The van der Waals surface area contributed by atoms with Gasteiger partial charge in [0.2, 0.25) is 5.78 Å². The molecule has 202 valence electrons. The average Bonchev–Trinajstić information content (AvgIpc) is 3.67. The molecule has 0 saturated carbocycles.